The molecule has 3 nitrogen and oxygen atoms in total. The Bertz CT molecular complexity index is 384. The van der Waals surface area contributed by atoms with Crippen LogP contribution in [0.3, 0.4) is 0 Å². The smallest absolute Gasteiger partial charge is 0.242 e. The van der Waals surface area contributed by atoms with Crippen LogP contribution in [0.15, 0.2) is 42.1 Å². The molecule has 0 aliphatic heterocycles. The van der Waals surface area contributed by atoms with Crippen LogP contribution in [0.1, 0.15) is 24.8 Å². The highest BCUT2D eigenvalue weighted by molar-refractivity contribution is 5.78. The van der Waals surface area contributed by atoms with Crippen molar-refractivity contribution in [2.75, 3.05) is 0 Å². The van der Waals surface area contributed by atoms with E-state index >= 15 is 0 Å². The minimum Gasteiger partial charge on any atom is -0.303 e. The molecule has 1 amide bonds. The van der Waals surface area contributed by atoms with Crippen molar-refractivity contribution in [2.45, 2.75) is 25.7 Å². The molecule has 0 heterocycles. The summed E-state index contributed by atoms with van der Waals surface area (Å²) in [5.41, 5.74) is 7.84. The highest BCUT2D eigenvalue weighted by Gasteiger charge is 2.06. The molecular weight excluding hydrogens is 200 g/mol. The molecule has 0 saturated heterocycles. The molecule has 0 aromatic heterocycles. The molecule has 1 aromatic carbocycles. The van der Waals surface area contributed by atoms with E-state index in [0.29, 0.717) is 6.42 Å². The van der Waals surface area contributed by atoms with Crippen molar-refractivity contribution < 1.29 is 4.79 Å². The lowest BCUT2D eigenvalue weighted by Gasteiger charge is -2.08. The van der Waals surface area contributed by atoms with E-state index in [1.54, 1.807) is 0 Å². The second kappa shape index (κ2) is 5.35. The summed E-state index contributed by atoms with van der Waals surface area (Å²) < 4.78 is 0. The van der Waals surface area contributed by atoms with E-state index in [1.807, 2.05) is 30.3 Å². The third-order valence-corrected chi connectivity index (χ3v) is 2.61. The van der Waals surface area contributed by atoms with Gasteiger partial charge in [-0.05, 0) is 24.8 Å². The van der Waals surface area contributed by atoms with E-state index in [2.05, 4.69) is 16.9 Å². The van der Waals surface area contributed by atoms with Gasteiger partial charge >= 0.3 is 0 Å². The predicted octanol–water partition coefficient (Wildman–Crippen LogP) is 1.92. The summed E-state index contributed by atoms with van der Waals surface area (Å²) in [5, 5.41) is 0. The first kappa shape index (κ1) is 10.7. The second-order valence-corrected chi connectivity index (χ2v) is 3.96. The molecule has 16 heavy (non-hydrogen) atoms. The summed E-state index contributed by atoms with van der Waals surface area (Å²) >= 11 is 0. The first-order chi connectivity index (χ1) is 7.84. The Kier molecular flexibility index (Phi) is 3.59. The fraction of sp³-hybridized carbons (Fsp3) is 0.308. The van der Waals surface area contributed by atoms with Crippen LogP contribution in [0.5, 0.6) is 0 Å². The number of amides is 1. The average molecular weight is 216 g/mol. The van der Waals surface area contributed by atoms with E-state index in [-0.39, 0.29) is 5.91 Å². The number of benzene rings is 1. The minimum atomic E-state index is -0.000926. The molecule has 1 aliphatic carbocycles. The molecule has 0 saturated carbocycles. The van der Waals surface area contributed by atoms with E-state index in [1.165, 1.54) is 6.42 Å². The SMILES string of the molecule is O=C(Cc1ccccc1)NNC1=CCCC1. The molecule has 84 valence electrons. The standard InChI is InChI=1S/C13H16N2O/c16-13(10-11-6-2-1-3-7-11)15-14-12-8-4-5-9-12/h1-3,6-8,14H,4-5,9-10H2,(H,15,16). The Labute approximate surface area is 95.5 Å². The maximum Gasteiger partial charge on any atom is 0.242 e. The Hall–Kier alpha value is -1.77. The molecule has 1 aromatic rings. The first-order valence-electron chi connectivity index (χ1n) is 5.62. The number of carbonyl (C=O) groups is 1. The lowest BCUT2D eigenvalue weighted by molar-refractivity contribution is -0.121. The van der Waals surface area contributed by atoms with Crippen molar-refractivity contribution in [3.8, 4) is 0 Å². The van der Waals surface area contributed by atoms with Gasteiger partial charge in [-0.25, -0.2) is 0 Å². The molecule has 0 radical (unpaired) electrons. The summed E-state index contributed by atoms with van der Waals surface area (Å²) in [5.74, 6) is -0.000926. The summed E-state index contributed by atoms with van der Waals surface area (Å²) in [6, 6.07) is 9.73. The van der Waals surface area contributed by atoms with Gasteiger partial charge in [0.15, 0.2) is 0 Å². The minimum absolute atomic E-state index is 0.000926. The summed E-state index contributed by atoms with van der Waals surface area (Å²) in [7, 11) is 0. The molecule has 3 heteroatoms. The van der Waals surface area contributed by atoms with Crippen LogP contribution in [-0.4, -0.2) is 5.91 Å². The van der Waals surface area contributed by atoms with Crippen LogP contribution in [0, 0.1) is 0 Å². The van der Waals surface area contributed by atoms with Gasteiger partial charge in [-0.1, -0.05) is 36.4 Å². The Morgan fingerprint density at radius 3 is 2.75 bits per heavy atom. The van der Waals surface area contributed by atoms with Gasteiger partial charge in [-0.3, -0.25) is 10.2 Å². The van der Waals surface area contributed by atoms with Crippen molar-refractivity contribution in [2.24, 2.45) is 0 Å². The maximum absolute atomic E-state index is 11.6. The van der Waals surface area contributed by atoms with E-state index in [9.17, 15) is 4.79 Å². The zero-order valence-corrected chi connectivity index (χ0v) is 9.20. The van der Waals surface area contributed by atoms with Gasteiger partial charge in [0.25, 0.3) is 0 Å². The van der Waals surface area contributed by atoms with Gasteiger partial charge in [-0.2, -0.15) is 0 Å². The zero-order chi connectivity index (χ0) is 11.2. The number of nitrogens with one attached hydrogen (secondary N) is 2. The highest BCUT2D eigenvalue weighted by Crippen LogP contribution is 2.13. The molecule has 2 rings (SSSR count). The second-order valence-electron chi connectivity index (χ2n) is 3.96. The predicted molar refractivity (Wildman–Crippen MR) is 63.4 cm³/mol. The Morgan fingerprint density at radius 1 is 1.25 bits per heavy atom. The van der Waals surface area contributed by atoms with Gasteiger partial charge in [0.1, 0.15) is 0 Å². The molecule has 0 bridgehead atoms. The van der Waals surface area contributed by atoms with Gasteiger partial charge in [0.05, 0.1) is 6.42 Å². The normalized spacial score (nSPS) is 14.4. The van der Waals surface area contributed by atoms with E-state index in [0.717, 1.165) is 24.1 Å². The zero-order valence-electron chi connectivity index (χ0n) is 9.20. The summed E-state index contributed by atoms with van der Waals surface area (Å²) in [6.07, 6.45) is 5.86. The first-order valence-corrected chi connectivity index (χ1v) is 5.62. The number of hydrogen-bond acceptors (Lipinski definition) is 2. The lowest BCUT2D eigenvalue weighted by atomic mass is 10.1. The van der Waals surface area contributed by atoms with E-state index in [4.69, 9.17) is 0 Å². The molecule has 0 unspecified atom stereocenters. The average Bonchev–Trinajstić information content (AvgIpc) is 2.81. The lowest BCUT2D eigenvalue weighted by Crippen LogP contribution is -2.37. The molecule has 0 spiro atoms. The number of hydrazine groups is 1. The van der Waals surface area contributed by atoms with Crippen LogP contribution < -0.4 is 10.9 Å². The summed E-state index contributed by atoms with van der Waals surface area (Å²) in [6.45, 7) is 0. The monoisotopic (exact) mass is 216 g/mol. The molecule has 0 atom stereocenters. The van der Waals surface area contributed by atoms with Crippen LogP contribution in [0.25, 0.3) is 0 Å². The van der Waals surface area contributed by atoms with Crippen LogP contribution >= 0.6 is 0 Å². The molecule has 0 fully saturated rings. The highest BCUT2D eigenvalue weighted by atomic mass is 16.2. The third kappa shape index (κ3) is 3.12. The molecule has 1 aliphatic rings. The van der Waals surface area contributed by atoms with Crippen molar-refractivity contribution in [3.63, 3.8) is 0 Å². The van der Waals surface area contributed by atoms with Crippen molar-refractivity contribution >= 4 is 5.91 Å². The van der Waals surface area contributed by atoms with Gasteiger partial charge < -0.3 is 5.43 Å². The van der Waals surface area contributed by atoms with Crippen molar-refractivity contribution in [3.05, 3.63) is 47.7 Å². The largest absolute Gasteiger partial charge is 0.303 e. The number of hydrogen-bond donors (Lipinski definition) is 2. The Morgan fingerprint density at radius 2 is 2.06 bits per heavy atom. The van der Waals surface area contributed by atoms with Gasteiger partial charge in [0, 0.05) is 5.70 Å². The van der Waals surface area contributed by atoms with Crippen LogP contribution in [0.4, 0.5) is 0 Å². The molecule has 2 N–H and O–H groups in total. The molecular formula is C13H16N2O. The van der Waals surface area contributed by atoms with Gasteiger partial charge in [0.2, 0.25) is 5.91 Å². The third-order valence-electron chi connectivity index (χ3n) is 2.61. The van der Waals surface area contributed by atoms with Crippen LogP contribution in [-0.2, 0) is 11.2 Å². The number of carbonyl (C=O) groups excluding carboxylic acids is 1. The van der Waals surface area contributed by atoms with E-state index < -0.39 is 0 Å². The fourth-order valence-corrected chi connectivity index (χ4v) is 1.76. The quantitative estimate of drug-likeness (QED) is 0.755. The maximum atomic E-state index is 11.6. The van der Waals surface area contributed by atoms with Crippen molar-refractivity contribution in [1.82, 2.24) is 10.9 Å². The topological polar surface area (TPSA) is 41.1 Å². The number of allylic oxidation sites excluding steroid dienone is 2. The van der Waals surface area contributed by atoms with Crippen molar-refractivity contribution in [1.29, 1.82) is 0 Å². The van der Waals surface area contributed by atoms with Crippen LogP contribution in [0.2, 0.25) is 0 Å². The number of rotatable bonds is 4. The Balaban J connectivity index is 1.76. The summed E-state index contributed by atoms with van der Waals surface area (Å²) in [4.78, 5) is 11.6. The fourth-order valence-electron chi connectivity index (χ4n) is 1.76. The van der Waals surface area contributed by atoms with Gasteiger partial charge in [-0.15, -0.1) is 0 Å².